The van der Waals surface area contributed by atoms with E-state index in [-0.39, 0.29) is 23.3 Å². The highest BCUT2D eigenvalue weighted by atomic mass is 16.1. The Labute approximate surface area is 211 Å². The van der Waals surface area contributed by atoms with Gasteiger partial charge in [-0.05, 0) is 97.9 Å². The van der Waals surface area contributed by atoms with E-state index in [2.05, 4.69) is 59.2 Å². The summed E-state index contributed by atoms with van der Waals surface area (Å²) >= 11 is 0. The van der Waals surface area contributed by atoms with Crippen molar-refractivity contribution in [3.8, 4) is 72.1 Å². The van der Waals surface area contributed by atoms with Gasteiger partial charge in [-0.2, -0.15) is 0 Å². The number of carbonyl (C=O) groups is 3. The smallest absolute Gasteiger partial charge is 0.206 e. The number of carbonyl (C=O) groups excluding carboxylic acids is 3. The lowest BCUT2D eigenvalue weighted by Crippen LogP contribution is -2.26. The van der Waals surface area contributed by atoms with Gasteiger partial charge >= 0.3 is 0 Å². The van der Waals surface area contributed by atoms with Crippen LogP contribution in [-0.4, -0.2) is 17.3 Å². The molecule has 2 aliphatic rings. The zero-order valence-electron chi connectivity index (χ0n) is 20.3. The Kier molecular flexibility index (Phi) is 18.6. The molecular weight excluding hydrogens is 420 g/mol. The van der Waals surface area contributed by atoms with E-state index in [4.69, 9.17) is 12.8 Å². The second-order valence-corrected chi connectivity index (χ2v) is 7.83. The molecule has 2 fully saturated rings. The molecule has 0 N–H and O–H groups in total. The summed E-state index contributed by atoms with van der Waals surface area (Å²) in [5.41, 5.74) is 0. The Hall–Kier alpha value is -3.89. The summed E-state index contributed by atoms with van der Waals surface area (Å²) in [5, 5.41) is 0. The maximum atomic E-state index is 11.7. The number of terminal acetylenes is 2. The van der Waals surface area contributed by atoms with Gasteiger partial charge in [0.05, 0.1) is 0 Å². The summed E-state index contributed by atoms with van der Waals surface area (Å²) in [4.78, 5) is 33.7. The molecule has 182 valence electrons. The minimum Gasteiger partial charge on any atom is -0.300 e. The van der Waals surface area contributed by atoms with Crippen molar-refractivity contribution in [2.75, 3.05) is 0 Å². The summed E-state index contributed by atoms with van der Waals surface area (Å²) in [5.74, 6) is 24.6. The molecule has 0 aromatic rings. The third-order valence-electron chi connectivity index (χ3n) is 5.13. The van der Waals surface area contributed by atoms with Crippen molar-refractivity contribution < 1.29 is 20.1 Å². The minimum atomic E-state index is -0.174. The van der Waals surface area contributed by atoms with E-state index in [0.717, 1.165) is 44.9 Å². The Morgan fingerprint density at radius 1 is 0.941 bits per heavy atom. The number of ketones is 3. The lowest BCUT2D eigenvalue weighted by Gasteiger charge is -2.25. The van der Waals surface area contributed by atoms with Gasteiger partial charge in [-0.1, -0.05) is 31.8 Å². The van der Waals surface area contributed by atoms with Gasteiger partial charge in [-0.15, -0.1) is 12.8 Å². The van der Waals surface area contributed by atoms with Gasteiger partial charge in [0, 0.05) is 37.3 Å². The van der Waals surface area contributed by atoms with Gasteiger partial charge in [0.2, 0.25) is 5.78 Å². The summed E-state index contributed by atoms with van der Waals surface area (Å²) < 4.78 is 0. The highest BCUT2D eigenvalue weighted by molar-refractivity contribution is 5.96. The van der Waals surface area contributed by atoms with E-state index in [1.54, 1.807) is 6.08 Å². The van der Waals surface area contributed by atoms with Gasteiger partial charge in [0.1, 0.15) is 11.6 Å². The second kappa shape index (κ2) is 21.0. The van der Waals surface area contributed by atoms with Crippen LogP contribution < -0.4 is 0 Å². The summed E-state index contributed by atoms with van der Waals surface area (Å²) in [6, 6.07) is 0. The number of rotatable bonds is 3. The fraction of sp³-hybridized carbons (Fsp3) is 0.452. The third kappa shape index (κ3) is 16.8. The average molecular weight is 461 g/mol. The summed E-state index contributed by atoms with van der Waals surface area (Å²) in [6.07, 6.45) is 22.5. The fourth-order valence-electron chi connectivity index (χ4n) is 3.44. The molecule has 0 radical (unpaired) electrons. The molecule has 0 bridgehead atoms. The first-order chi connectivity index (χ1) is 16.5. The van der Waals surface area contributed by atoms with E-state index in [1.165, 1.54) is 6.42 Å². The van der Waals surface area contributed by atoms with Crippen LogP contribution in [0.5, 0.6) is 0 Å². The van der Waals surface area contributed by atoms with Crippen molar-refractivity contribution in [2.24, 2.45) is 11.8 Å². The molecule has 2 atom stereocenters. The molecule has 2 saturated carbocycles. The molecule has 0 aliphatic heterocycles. The Morgan fingerprint density at radius 3 is 2.09 bits per heavy atom. The van der Waals surface area contributed by atoms with Gasteiger partial charge in [-0.3, -0.25) is 14.4 Å². The molecule has 0 amide bonds. The van der Waals surface area contributed by atoms with Crippen LogP contribution in [0.2, 0.25) is 0 Å². The topological polar surface area (TPSA) is 51.2 Å². The molecule has 34 heavy (non-hydrogen) atoms. The van der Waals surface area contributed by atoms with Gasteiger partial charge in [0.15, 0.2) is 0 Å². The summed E-state index contributed by atoms with van der Waals surface area (Å²) in [6.45, 7) is 3.84. The summed E-state index contributed by atoms with van der Waals surface area (Å²) in [7, 11) is 0. The molecule has 2 aliphatic carbocycles. The van der Waals surface area contributed by atoms with Crippen molar-refractivity contribution in [1.29, 1.82) is 0 Å². The van der Waals surface area contributed by atoms with Crippen LogP contribution in [0.25, 0.3) is 0 Å². The fourth-order valence-corrected chi connectivity index (χ4v) is 3.44. The van der Waals surface area contributed by atoms with Crippen LogP contribution in [0.15, 0.2) is 12.2 Å². The Bertz CT molecular complexity index is 1050. The molecule has 0 saturated heterocycles. The normalized spacial score (nSPS) is 16.6. The van der Waals surface area contributed by atoms with E-state index in [0.29, 0.717) is 24.4 Å². The first-order valence-corrected chi connectivity index (χ1v) is 11.6. The average Bonchev–Trinajstić information content (AvgIpc) is 2.83. The largest absolute Gasteiger partial charge is 0.300 e. The molecule has 3 heteroatoms. The minimum absolute atomic E-state index is 0. The van der Waals surface area contributed by atoms with Crippen LogP contribution in [0.4, 0.5) is 0 Å². The first kappa shape index (κ1) is 30.1. The van der Waals surface area contributed by atoms with E-state index < -0.39 is 0 Å². The number of allylic oxidation sites excluding steroid dienone is 2. The zero-order valence-corrected chi connectivity index (χ0v) is 20.3. The molecule has 3 nitrogen and oxygen atoms in total. The van der Waals surface area contributed by atoms with Gasteiger partial charge in [-0.25, -0.2) is 0 Å². The number of hydrogen-bond donors (Lipinski definition) is 0. The van der Waals surface area contributed by atoms with Crippen LogP contribution in [-0.2, 0) is 14.4 Å². The lowest BCUT2D eigenvalue weighted by molar-refractivity contribution is -0.126. The van der Waals surface area contributed by atoms with Crippen molar-refractivity contribution in [1.82, 2.24) is 0 Å². The van der Waals surface area contributed by atoms with Crippen LogP contribution in [0, 0.1) is 83.9 Å². The van der Waals surface area contributed by atoms with Crippen molar-refractivity contribution in [3.63, 3.8) is 0 Å². The van der Waals surface area contributed by atoms with Gasteiger partial charge < -0.3 is 0 Å². The second-order valence-electron chi connectivity index (χ2n) is 7.83. The van der Waals surface area contributed by atoms with Gasteiger partial charge in [0.25, 0.3) is 0 Å². The maximum Gasteiger partial charge on any atom is 0.206 e. The predicted octanol–water partition coefficient (Wildman–Crippen LogP) is 5.69. The maximum absolute atomic E-state index is 11.7. The third-order valence-corrected chi connectivity index (χ3v) is 5.13. The van der Waals surface area contributed by atoms with E-state index in [9.17, 15) is 14.4 Å². The van der Waals surface area contributed by atoms with Crippen molar-refractivity contribution in [2.45, 2.75) is 78.1 Å². The SMILES string of the molecule is C#CC#CC#CC(=O)CC(C)C1CCCCC1=O.C#CC#CC#CC=CC.O=C1CCCCC1.[HH].[HH].[HH].[HH]. The molecular formula is C31H40O3. The van der Waals surface area contributed by atoms with Crippen molar-refractivity contribution >= 4 is 17.3 Å². The quantitative estimate of drug-likeness (QED) is 0.402. The highest BCUT2D eigenvalue weighted by Gasteiger charge is 2.28. The Morgan fingerprint density at radius 2 is 1.56 bits per heavy atom. The first-order valence-electron chi connectivity index (χ1n) is 11.6. The van der Waals surface area contributed by atoms with Crippen LogP contribution in [0.1, 0.15) is 83.8 Å². The monoisotopic (exact) mass is 460 g/mol. The molecule has 0 spiro atoms. The Balaban J connectivity index is -0.000000154. The number of Topliss-reactive ketones (excluding diaryl/α,β-unsaturated/α-hetero) is 3. The molecule has 0 aromatic heterocycles. The predicted molar refractivity (Wildman–Crippen MR) is 146 cm³/mol. The standard InChI is InChI=1S/C16H16O2.C9H6.C6H10O.4H2/c1-3-4-5-6-9-14(17)12-13(2)15-10-7-8-11-16(15)18;1-3-5-7-9-8-6-4-2;7-6-4-2-1-3-5-6;;;;/h1,13,15H,7-8,10-12H2,2H3;1,4,6H,2H3;1-5H2;4*1H. The van der Waals surface area contributed by atoms with E-state index >= 15 is 0 Å². The zero-order chi connectivity index (χ0) is 25.4. The number of hydrogen-bond acceptors (Lipinski definition) is 3. The molecule has 0 aromatic carbocycles. The lowest BCUT2D eigenvalue weighted by atomic mass is 9.78. The molecule has 2 unspecified atom stereocenters. The molecule has 0 heterocycles. The highest BCUT2D eigenvalue weighted by Crippen LogP contribution is 2.28. The van der Waals surface area contributed by atoms with Crippen molar-refractivity contribution in [3.05, 3.63) is 12.2 Å². The molecule has 2 rings (SSSR count). The van der Waals surface area contributed by atoms with Crippen LogP contribution >= 0.6 is 0 Å². The van der Waals surface area contributed by atoms with Crippen LogP contribution in [0.3, 0.4) is 0 Å². The van der Waals surface area contributed by atoms with E-state index in [1.807, 2.05) is 19.9 Å².